The molecule has 7 nitrogen and oxygen atoms in total. The maximum absolute atomic E-state index is 13.9. The molecular formula is C29H28F3N3O4S. The molecule has 4 aromatic rings. The van der Waals surface area contributed by atoms with Gasteiger partial charge < -0.3 is 18.9 Å². The largest absolute Gasteiger partial charge is 0.451 e. The van der Waals surface area contributed by atoms with Gasteiger partial charge in [0.15, 0.2) is 11.0 Å². The van der Waals surface area contributed by atoms with Crippen LogP contribution in [0.5, 0.6) is 0 Å². The van der Waals surface area contributed by atoms with Crippen LogP contribution in [0.3, 0.4) is 0 Å². The predicted octanol–water partition coefficient (Wildman–Crippen LogP) is 6.24. The van der Waals surface area contributed by atoms with Crippen LogP contribution in [0.4, 0.5) is 13.2 Å². The highest BCUT2D eigenvalue weighted by Gasteiger charge is 2.51. The number of nitrogens with zero attached hydrogens (tertiary/aromatic N) is 2. The number of hydrogen-bond donors (Lipinski definition) is 1. The summed E-state index contributed by atoms with van der Waals surface area (Å²) in [7, 11) is 0. The van der Waals surface area contributed by atoms with Crippen molar-refractivity contribution in [3.8, 4) is 0 Å². The number of hydrogen-bond acceptors (Lipinski definition) is 6. The van der Waals surface area contributed by atoms with E-state index in [1.165, 1.54) is 0 Å². The molecule has 1 aliphatic heterocycles. The van der Waals surface area contributed by atoms with Gasteiger partial charge in [0.25, 0.3) is 0 Å². The van der Waals surface area contributed by atoms with Crippen molar-refractivity contribution in [2.45, 2.75) is 50.5 Å². The molecule has 3 aromatic carbocycles. The lowest BCUT2D eigenvalue weighted by atomic mass is 10.1. The Kier molecular flexibility index (Phi) is 9.08. The molecule has 210 valence electrons. The van der Waals surface area contributed by atoms with Crippen LogP contribution >= 0.6 is 12.2 Å². The minimum atomic E-state index is -4.77. The summed E-state index contributed by atoms with van der Waals surface area (Å²) in [5.41, 5.74) is 2.69. The van der Waals surface area contributed by atoms with Crippen molar-refractivity contribution in [2.75, 3.05) is 6.61 Å². The minimum absolute atomic E-state index is 0.0581. The van der Waals surface area contributed by atoms with Crippen LogP contribution in [0, 0.1) is 4.77 Å². The molecule has 1 N–H and O–H groups in total. The molecule has 0 unspecified atom stereocenters. The highest BCUT2D eigenvalue weighted by molar-refractivity contribution is 7.71. The SMILES string of the molecule is FC(F)(F)c1n[nH]c(=S)n1[C@@H]1O[C@H](COCc2ccccc2)[C@@H](OCc2ccccc2)[C@H]1OCc1ccccc1. The van der Waals surface area contributed by atoms with E-state index in [0.29, 0.717) is 6.61 Å². The Balaban J connectivity index is 1.45. The Bertz CT molecular complexity index is 1400. The van der Waals surface area contributed by atoms with Crippen molar-refractivity contribution in [3.63, 3.8) is 0 Å². The fourth-order valence-electron chi connectivity index (χ4n) is 4.57. The number of aromatic amines is 1. The third kappa shape index (κ3) is 6.86. The zero-order chi connectivity index (χ0) is 28.0. The number of benzene rings is 3. The van der Waals surface area contributed by atoms with E-state index in [0.717, 1.165) is 21.3 Å². The lowest BCUT2D eigenvalue weighted by Crippen LogP contribution is -2.38. The van der Waals surface area contributed by atoms with Gasteiger partial charge in [0.05, 0.1) is 26.4 Å². The van der Waals surface area contributed by atoms with E-state index in [-0.39, 0.29) is 24.6 Å². The number of H-pyrrole nitrogens is 1. The first-order chi connectivity index (χ1) is 19.4. The second-order valence-corrected chi connectivity index (χ2v) is 9.70. The highest BCUT2D eigenvalue weighted by Crippen LogP contribution is 2.39. The maximum atomic E-state index is 13.9. The van der Waals surface area contributed by atoms with Crippen LogP contribution in [0.25, 0.3) is 0 Å². The summed E-state index contributed by atoms with van der Waals surface area (Å²) in [6.07, 6.45) is -8.53. The van der Waals surface area contributed by atoms with Crippen LogP contribution in [-0.4, -0.2) is 39.7 Å². The highest BCUT2D eigenvalue weighted by atomic mass is 32.1. The maximum Gasteiger partial charge on any atom is 0.451 e. The first-order valence-corrected chi connectivity index (χ1v) is 13.1. The van der Waals surface area contributed by atoms with Crippen molar-refractivity contribution < 1.29 is 32.1 Å². The molecule has 0 aliphatic carbocycles. The van der Waals surface area contributed by atoms with Gasteiger partial charge in [0.1, 0.15) is 18.3 Å². The van der Waals surface area contributed by atoms with Crippen LogP contribution in [0.15, 0.2) is 91.0 Å². The second kappa shape index (κ2) is 12.9. The number of nitrogens with one attached hydrogen (secondary N) is 1. The first kappa shape index (κ1) is 28.2. The lowest BCUT2D eigenvalue weighted by molar-refractivity contribution is -0.157. The van der Waals surface area contributed by atoms with E-state index in [4.69, 9.17) is 31.2 Å². The summed E-state index contributed by atoms with van der Waals surface area (Å²) in [4.78, 5) is 0. The number of alkyl halides is 3. The molecule has 0 radical (unpaired) electrons. The zero-order valence-electron chi connectivity index (χ0n) is 21.4. The number of aromatic nitrogens is 3. The van der Waals surface area contributed by atoms with Crippen LogP contribution < -0.4 is 0 Å². The summed E-state index contributed by atoms with van der Waals surface area (Å²) in [5.74, 6) is -1.21. The molecule has 11 heteroatoms. The number of ether oxygens (including phenoxy) is 4. The molecule has 0 spiro atoms. The molecule has 1 fully saturated rings. The summed E-state index contributed by atoms with van der Waals surface area (Å²) in [5, 5.41) is 5.70. The molecule has 0 saturated carbocycles. The average Bonchev–Trinajstić information content (AvgIpc) is 3.52. The van der Waals surface area contributed by atoms with E-state index >= 15 is 0 Å². The Labute approximate surface area is 234 Å². The third-order valence-electron chi connectivity index (χ3n) is 6.46. The number of halogens is 3. The summed E-state index contributed by atoms with van der Waals surface area (Å²) < 4.78 is 67.2. The van der Waals surface area contributed by atoms with Gasteiger partial charge in [-0.2, -0.15) is 13.2 Å². The molecule has 0 amide bonds. The quantitative estimate of drug-likeness (QED) is 0.215. The first-order valence-electron chi connectivity index (χ1n) is 12.7. The zero-order valence-corrected chi connectivity index (χ0v) is 22.2. The van der Waals surface area contributed by atoms with Gasteiger partial charge in [-0.15, -0.1) is 5.10 Å². The van der Waals surface area contributed by atoms with Crippen molar-refractivity contribution in [2.24, 2.45) is 0 Å². The van der Waals surface area contributed by atoms with Crippen molar-refractivity contribution in [1.82, 2.24) is 14.8 Å². The summed E-state index contributed by atoms with van der Waals surface area (Å²) >= 11 is 5.22. The van der Waals surface area contributed by atoms with Gasteiger partial charge in [0, 0.05) is 0 Å². The van der Waals surface area contributed by atoms with Gasteiger partial charge in [0.2, 0.25) is 5.82 Å². The van der Waals surface area contributed by atoms with Gasteiger partial charge in [-0.3, -0.25) is 9.67 Å². The number of rotatable bonds is 11. The van der Waals surface area contributed by atoms with E-state index < -0.39 is 36.5 Å². The minimum Gasteiger partial charge on any atom is -0.374 e. The van der Waals surface area contributed by atoms with E-state index in [1.807, 2.05) is 91.0 Å². The Morgan fingerprint density at radius 1 is 0.775 bits per heavy atom. The van der Waals surface area contributed by atoms with Crippen molar-refractivity contribution in [3.05, 3.63) is 118 Å². The summed E-state index contributed by atoms with van der Waals surface area (Å²) in [6.45, 7) is 0.680. The molecule has 1 saturated heterocycles. The van der Waals surface area contributed by atoms with E-state index in [2.05, 4.69) is 10.2 Å². The standard InChI is InChI=1S/C29H28F3N3O4S/c30-29(31,32)27-33-34-28(40)35(27)26-25(38-18-22-14-8-3-9-15-22)24(37-17-21-12-6-2-7-13-21)23(39-26)19-36-16-20-10-4-1-5-11-20/h1-15,23-26H,16-19H2,(H,34,40)/t23-,24-,25-,26-/m1/s1. The van der Waals surface area contributed by atoms with Gasteiger partial charge in [-0.1, -0.05) is 91.0 Å². The summed E-state index contributed by atoms with van der Waals surface area (Å²) in [6, 6.07) is 28.4. The Hall–Kier alpha value is -3.35. The predicted molar refractivity (Wildman–Crippen MR) is 142 cm³/mol. The topological polar surface area (TPSA) is 70.5 Å². The third-order valence-corrected chi connectivity index (χ3v) is 6.75. The molecule has 4 atom stereocenters. The van der Waals surface area contributed by atoms with Crippen LogP contribution in [0.2, 0.25) is 0 Å². The monoisotopic (exact) mass is 571 g/mol. The molecule has 2 heterocycles. The lowest BCUT2D eigenvalue weighted by Gasteiger charge is -2.26. The van der Waals surface area contributed by atoms with Gasteiger partial charge in [-0.25, -0.2) is 0 Å². The molecule has 40 heavy (non-hydrogen) atoms. The van der Waals surface area contributed by atoms with E-state index in [9.17, 15) is 13.2 Å². The van der Waals surface area contributed by atoms with E-state index in [1.54, 1.807) is 0 Å². The van der Waals surface area contributed by atoms with Gasteiger partial charge >= 0.3 is 6.18 Å². The molecule has 5 rings (SSSR count). The molecular weight excluding hydrogens is 543 g/mol. The van der Waals surface area contributed by atoms with Crippen molar-refractivity contribution in [1.29, 1.82) is 0 Å². The second-order valence-electron chi connectivity index (χ2n) is 9.31. The van der Waals surface area contributed by atoms with Crippen LogP contribution in [-0.2, 0) is 44.9 Å². The Morgan fingerprint density at radius 3 is 1.80 bits per heavy atom. The molecule has 0 bridgehead atoms. The smallest absolute Gasteiger partial charge is 0.374 e. The normalized spacial score (nSPS) is 21.1. The van der Waals surface area contributed by atoms with Gasteiger partial charge in [-0.05, 0) is 28.9 Å². The van der Waals surface area contributed by atoms with Crippen LogP contribution in [0.1, 0.15) is 28.7 Å². The molecule has 1 aromatic heterocycles. The molecule has 1 aliphatic rings. The Morgan fingerprint density at radius 2 is 1.27 bits per heavy atom. The van der Waals surface area contributed by atoms with Crippen molar-refractivity contribution >= 4 is 12.2 Å². The fraction of sp³-hybridized carbons (Fsp3) is 0.310. The average molecular weight is 572 g/mol. The fourth-order valence-corrected chi connectivity index (χ4v) is 4.81.